The lowest BCUT2D eigenvalue weighted by Crippen LogP contribution is -2.45. The van der Waals surface area contributed by atoms with Crippen molar-refractivity contribution >= 4 is 5.97 Å². The first kappa shape index (κ1) is 13.1. The average Bonchev–Trinajstić information content (AvgIpc) is 2.27. The second kappa shape index (κ2) is 5.50. The summed E-state index contributed by atoms with van der Waals surface area (Å²) in [4.78, 5) is 13.0. The fraction of sp³-hybridized carbons (Fsp3) is 0.500. The number of carboxylic acids is 1. The van der Waals surface area contributed by atoms with E-state index in [1.165, 1.54) is 16.7 Å². The molecule has 4 nitrogen and oxygen atoms in total. The highest BCUT2D eigenvalue weighted by Crippen LogP contribution is 2.14. The number of carbonyl (C=O) groups is 1. The van der Waals surface area contributed by atoms with E-state index in [0.717, 1.165) is 13.1 Å². The summed E-state index contributed by atoms with van der Waals surface area (Å²) in [5.74, 6) is -0.875. The lowest BCUT2D eigenvalue weighted by atomic mass is 10.1. The minimum atomic E-state index is -0.875. The maximum Gasteiger partial charge on any atom is 0.334 e. The normalized spacial score (nSPS) is 20.9. The molecule has 18 heavy (non-hydrogen) atoms. The van der Waals surface area contributed by atoms with Gasteiger partial charge in [0.05, 0.1) is 6.61 Å². The SMILES string of the molecule is Cc1cc(C)cc(CN2CCOC(C(=O)O)C2)c1. The first-order valence-electron chi connectivity index (χ1n) is 6.18. The van der Waals surface area contributed by atoms with Gasteiger partial charge >= 0.3 is 5.97 Å². The van der Waals surface area contributed by atoms with Crippen LogP contribution in [-0.2, 0) is 16.1 Å². The Morgan fingerprint density at radius 3 is 2.67 bits per heavy atom. The summed E-state index contributed by atoms with van der Waals surface area (Å²) in [7, 11) is 0. The Hall–Kier alpha value is -1.39. The fourth-order valence-electron chi connectivity index (χ4n) is 2.41. The summed E-state index contributed by atoms with van der Waals surface area (Å²) in [5.41, 5.74) is 3.72. The summed E-state index contributed by atoms with van der Waals surface area (Å²) in [6.45, 7) is 6.68. The van der Waals surface area contributed by atoms with Crippen LogP contribution in [0.5, 0.6) is 0 Å². The van der Waals surface area contributed by atoms with Crippen molar-refractivity contribution in [1.29, 1.82) is 0 Å². The summed E-state index contributed by atoms with van der Waals surface area (Å²) in [5, 5.41) is 8.96. The molecular formula is C14H19NO3. The standard InChI is InChI=1S/C14H19NO3/c1-10-5-11(2)7-12(6-10)8-15-3-4-18-13(9-15)14(16)17/h5-7,13H,3-4,8-9H2,1-2H3,(H,16,17). The number of carboxylic acid groups (broad SMARTS) is 1. The highest BCUT2D eigenvalue weighted by Gasteiger charge is 2.25. The quantitative estimate of drug-likeness (QED) is 0.883. The first-order chi connectivity index (χ1) is 8.54. The van der Waals surface area contributed by atoms with Gasteiger partial charge in [0.1, 0.15) is 0 Å². The number of nitrogens with zero attached hydrogens (tertiary/aromatic N) is 1. The van der Waals surface area contributed by atoms with Gasteiger partial charge in [-0.05, 0) is 19.4 Å². The maximum atomic E-state index is 10.9. The minimum Gasteiger partial charge on any atom is -0.479 e. The molecule has 1 aromatic carbocycles. The van der Waals surface area contributed by atoms with E-state index in [2.05, 4.69) is 36.9 Å². The van der Waals surface area contributed by atoms with Crippen LogP contribution >= 0.6 is 0 Å². The monoisotopic (exact) mass is 249 g/mol. The zero-order valence-electron chi connectivity index (χ0n) is 10.8. The van der Waals surface area contributed by atoms with Gasteiger partial charge in [0.2, 0.25) is 0 Å². The molecule has 1 heterocycles. The van der Waals surface area contributed by atoms with Crippen molar-refractivity contribution in [2.45, 2.75) is 26.5 Å². The Labute approximate surface area is 107 Å². The molecule has 1 fully saturated rings. The Morgan fingerprint density at radius 1 is 1.39 bits per heavy atom. The molecule has 0 aromatic heterocycles. The molecule has 1 atom stereocenters. The smallest absolute Gasteiger partial charge is 0.334 e. The van der Waals surface area contributed by atoms with Crippen molar-refractivity contribution in [1.82, 2.24) is 4.90 Å². The van der Waals surface area contributed by atoms with E-state index >= 15 is 0 Å². The average molecular weight is 249 g/mol. The van der Waals surface area contributed by atoms with E-state index in [-0.39, 0.29) is 0 Å². The van der Waals surface area contributed by atoms with Crippen LogP contribution < -0.4 is 0 Å². The van der Waals surface area contributed by atoms with E-state index < -0.39 is 12.1 Å². The van der Waals surface area contributed by atoms with Gasteiger partial charge in [0.25, 0.3) is 0 Å². The van der Waals surface area contributed by atoms with Crippen LogP contribution in [0.15, 0.2) is 18.2 Å². The van der Waals surface area contributed by atoms with Crippen molar-refractivity contribution in [2.24, 2.45) is 0 Å². The van der Waals surface area contributed by atoms with Gasteiger partial charge in [0, 0.05) is 19.6 Å². The second-order valence-corrected chi connectivity index (χ2v) is 4.93. The third-order valence-corrected chi connectivity index (χ3v) is 3.11. The molecule has 4 heteroatoms. The third-order valence-electron chi connectivity index (χ3n) is 3.11. The molecule has 0 amide bonds. The van der Waals surface area contributed by atoms with Gasteiger partial charge in [0.15, 0.2) is 6.10 Å². The van der Waals surface area contributed by atoms with Crippen LogP contribution in [0.2, 0.25) is 0 Å². The van der Waals surface area contributed by atoms with Gasteiger partial charge < -0.3 is 9.84 Å². The van der Waals surface area contributed by atoms with Gasteiger partial charge in [-0.3, -0.25) is 4.90 Å². The maximum absolute atomic E-state index is 10.9. The van der Waals surface area contributed by atoms with Gasteiger partial charge in [-0.15, -0.1) is 0 Å². The molecule has 0 aliphatic carbocycles. The molecule has 0 bridgehead atoms. The minimum absolute atomic E-state index is 0.461. The molecule has 1 aliphatic heterocycles. The molecule has 1 unspecified atom stereocenters. The number of aliphatic carboxylic acids is 1. The summed E-state index contributed by atoms with van der Waals surface area (Å²) < 4.78 is 5.21. The molecule has 1 aliphatic rings. The predicted molar refractivity (Wildman–Crippen MR) is 68.6 cm³/mol. The highest BCUT2D eigenvalue weighted by atomic mass is 16.5. The lowest BCUT2D eigenvalue weighted by molar-refractivity contribution is -0.156. The lowest BCUT2D eigenvalue weighted by Gasteiger charge is -2.30. The van der Waals surface area contributed by atoms with Crippen LogP contribution in [0, 0.1) is 13.8 Å². The molecule has 0 radical (unpaired) electrons. The fourth-order valence-corrected chi connectivity index (χ4v) is 2.41. The number of hydrogen-bond acceptors (Lipinski definition) is 3. The van der Waals surface area contributed by atoms with Crippen molar-refractivity contribution < 1.29 is 14.6 Å². The zero-order chi connectivity index (χ0) is 13.1. The number of aryl methyl sites for hydroxylation is 2. The highest BCUT2D eigenvalue weighted by molar-refractivity contribution is 5.72. The number of ether oxygens (including phenoxy) is 1. The summed E-state index contributed by atoms with van der Waals surface area (Å²) in [6, 6.07) is 6.44. The van der Waals surface area contributed by atoms with E-state index in [9.17, 15) is 4.79 Å². The molecular weight excluding hydrogens is 230 g/mol. The Morgan fingerprint density at radius 2 is 2.06 bits per heavy atom. The number of rotatable bonds is 3. The molecule has 98 valence electrons. The van der Waals surface area contributed by atoms with E-state index in [0.29, 0.717) is 13.2 Å². The van der Waals surface area contributed by atoms with Crippen molar-refractivity contribution in [3.63, 3.8) is 0 Å². The molecule has 0 spiro atoms. The van der Waals surface area contributed by atoms with Crippen LogP contribution in [0.25, 0.3) is 0 Å². The van der Waals surface area contributed by atoms with Crippen LogP contribution in [0.1, 0.15) is 16.7 Å². The van der Waals surface area contributed by atoms with Gasteiger partial charge in [-0.1, -0.05) is 29.3 Å². The van der Waals surface area contributed by atoms with Crippen LogP contribution in [-0.4, -0.2) is 41.8 Å². The Bertz CT molecular complexity index is 424. The first-order valence-corrected chi connectivity index (χ1v) is 6.18. The summed E-state index contributed by atoms with van der Waals surface area (Å²) >= 11 is 0. The van der Waals surface area contributed by atoms with E-state index in [1.807, 2.05) is 0 Å². The van der Waals surface area contributed by atoms with E-state index in [1.54, 1.807) is 0 Å². The Balaban J connectivity index is 2.02. The topological polar surface area (TPSA) is 49.8 Å². The van der Waals surface area contributed by atoms with Gasteiger partial charge in [-0.2, -0.15) is 0 Å². The number of morpholine rings is 1. The molecule has 0 saturated carbocycles. The van der Waals surface area contributed by atoms with Crippen LogP contribution in [0.3, 0.4) is 0 Å². The largest absolute Gasteiger partial charge is 0.479 e. The molecule has 1 saturated heterocycles. The predicted octanol–water partition coefficient (Wildman–Crippen LogP) is 1.59. The van der Waals surface area contributed by atoms with E-state index in [4.69, 9.17) is 9.84 Å². The Kier molecular flexibility index (Phi) is 3.99. The van der Waals surface area contributed by atoms with Gasteiger partial charge in [-0.25, -0.2) is 4.79 Å². The van der Waals surface area contributed by atoms with Crippen molar-refractivity contribution in [3.8, 4) is 0 Å². The molecule has 2 rings (SSSR count). The third kappa shape index (κ3) is 3.31. The molecule has 1 N–H and O–H groups in total. The van der Waals surface area contributed by atoms with Crippen molar-refractivity contribution in [3.05, 3.63) is 34.9 Å². The zero-order valence-corrected chi connectivity index (χ0v) is 10.8. The summed E-state index contributed by atoms with van der Waals surface area (Å²) in [6.07, 6.45) is -0.690. The number of benzene rings is 1. The molecule has 1 aromatic rings. The second-order valence-electron chi connectivity index (χ2n) is 4.93. The van der Waals surface area contributed by atoms with Crippen molar-refractivity contribution in [2.75, 3.05) is 19.7 Å². The number of hydrogen-bond donors (Lipinski definition) is 1. The van der Waals surface area contributed by atoms with Crippen LogP contribution in [0.4, 0.5) is 0 Å².